The Morgan fingerprint density at radius 2 is 1.78 bits per heavy atom. The average Bonchev–Trinajstić information content (AvgIpc) is 2.69. The molecule has 0 spiro atoms. The van der Waals surface area contributed by atoms with Gasteiger partial charge in [-0.2, -0.15) is 4.31 Å². The highest BCUT2D eigenvalue weighted by Crippen LogP contribution is 2.27. The fourth-order valence-corrected chi connectivity index (χ4v) is 4.28. The van der Waals surface area contributed by atoms with Gasteiger partial charge in [0.05, 0.1) is 17.6 Å². The third-order valence-electron chi connectivity index (χ3n) is 4.48. The topological polar surface area (TPSA) is 75.7 Å². The van der Waals surface area contributed by atoms with Gasteiger partial charge in [-0.05, 0) is 29.8 Å². The SMILES string of the molecule is CC(C)C(=O)Nc1ccc(S(=O)(=O)N2CCO[C@@H](c3ccccc3)C2)cc1. The minimum absolute atomic E-state index is 0.107. The highest BCUT2D eigenvalue weighted by molar-refractivity contribution is 7.89. The molecule has 3 rings (SSSR count). The third-order valence-corrected chi connectivity index (χ3v) is 6.36. The maximum atomic E-state index is 13.0. The minimum Gasteiger partial charge on any atom is -0.371 e. The Balaban J connectivity index is 1.74. The molecule has 1 saturated heterocycles. The van der Waals surface area contributed by atoms with Gasteiger partial charge in [0, 0.05) is 24.7 Å². The molecular formula is C20H24N2O4S. The molecule has 1 heterocycles. The van der Waals surface area contributed by atoms with Crippen LogP contribution >= 0.6 is 0 Å². The molecule has 27 heavy (non-hydrogen) atoms. The molecule has 0 saturated carbocycles. The number of amides is 1. The number of nitrogens with zero attached hydrogens (tertiary/aromatic N) is 1. The van der Waals surface area contributed by atoms with Crippen LogP contribution in [0.2, 0.25) is 0 Å². The van der Waals surface area contributed by atoms with Crippen LogP contribution in [0.1, 0.15) is 25.5 Å². The maximum Gasteiger partial charge on any atom is 0.243 e. The van der Waals surface area contributed by atoms with E-state index in [1.807, 2.05) is 30.3 Å². The molecule has 0 unspecified atom stereocenters. The Hall–Kier alpha value is -2.22. The number of sulfonamides is 1. The van der Waals surface area contributed by atoms with E-state index in [0.29, 0.717) is 18.8 Å². The molecule has 144 valence electrons. The highest BCUT2D eigenvalue weighted by atomic mass is 32.2. The monoisotopic (exact) mass is 388 g/mol. The van der Waals surface area contributed by atoms with Crippen molar-refractivity contribution in [1.29, 1.82) is 0 Å². The van der Waals surface area contributed by atoms with E-state index in [2.05, 4.69) is 5.32 Å². The summed E-state index contributed by atoms with van der Waals surface area (Å²) in [7, 11) is -3.62. The van der Waals surface area contributed by atoms with E-state index in [1.165, 1.54) is 16.4 Å². The minimum atomic E-state index is -3.62. The Morgan fingerprint density at radius 3 is 2.41 bits per heavy atom. The number of hydrogen-bond donors (Lipinski definition) is 1. The first-order valence-corrected chi connectivity index (χ1v) is 10.4. The summed E-state index contributed by atoms with van der Waals surface area (Å²) >= 11 is 0. The molecule has 0 bridgehead atoms. The number of rotatable bonds is 5. The van der Waals surface area contributed by atoms with Gasteiger partial charge in [0.1, 0.15) is 0 Å². The first kappa shape index (κ1) is 19.5. The van der Waals surface area contributed by atoms with Crippen LogP contribution in [0.3, 0.4) is 0 Å². The van der Waals surface area contributed by atoms with Gasteiger partial charge in [-0.25, -0.2) is 8.42 Å². The number of hydrogen-bond acceptors (Lipinski definition) is 4. The zero-order chi connectivity index (χ0) is 19.4. The molecule has 0 aliphatic carbocycles. The van der Waals surface area contributed by atoms with Crippen LogP contribution in [0.5, 0.6) is 0 Å². The first-order valence-electron chi connectivity index (χ1n) is 8.95. The molecule has 1 aliphatic rings. The second-order valence-electron chi connectivity index (χ2n) is 6.80. The highest BCUT2D eigenvalue weighted by Gasteiger charge is 2.31. The van der Waals surface area contributed by atoms with E-state index in [-0.39, 0.29) is 29.4 Å². The molecule has 6 nitrogen and oxygen atoms in total. The molecule has 1 N–H and O–H groups in total. The molecule has 2 aromatic carbocycles. The molecule has 1 atom stereocenters. The van der Waals surface area contributed by atoms with Gasteiger partial charge in [-0.15, -0.1) is 0 Å². The molecule has 7 heteroatoms. The summed E-state index contributed by atoms with van der Waals surface area (Å²) in [6.45, 7) is 4.54. The van der Waals surface area contributed by atoms with Crippen molar-refractivity contribution < 1.29 is 17.9 Å². The molecule has 1 amide bonds. The Labute approximate surface area is 160 Å². The van der Waals surface area contributed by atoms with Crippen molar-refractivity contribution in [3.63, 3.8) is 0 Å². The first-order chi connectivity index (χ1) is 12.9. The van der Waals surface area contributed by atoms with Crippen molar-refractivity contribution >= 4 is 21.6 Å². The summed E-state index contributed by atoms with van der Waals surface area (Å²) < 4.78 is 33.2. The normalized spacial score (nSPS) is 18.4. The zero-order valence-corrected chi connectivity index (χ0v) is 16.3. The standard InChI is InChI=1S/C20H24N2O4S/c1-15(2)20(23)21-17-8-10-18(11-9-17)27(24,25)22-12-13-26-19(14-22)16-6-4-3-5-7-16/h3-11,15,19H,12-14H2,1-2H3,(H,21,23)/t19-/m1/s1. The van der Waals surface area contributed by atoms with E-state index in [4.69, 9.17) is 4.74 Å². The molecule has 0 aromatic heterocycles. The van der Waals surface area contributed by atoms with Crippen LogP contribution in [0.25, 0.3) is 0 Å². The molecule has 1 fully saturated rings. The van der Waals surface area contributed by atoms with Crippen LogP contribution in [-0.2, 0) is 19.6 Å². The van der Waals surface area contributed by atoms with E-state index in [0.717, 1.165) is 5.56 Å². The number of anilines is 1. The van der Waals surface area contributed by atoms with Gasteiger partial charge in [-0.3, -0.25) is 4.79 Å². The molecular weight excluding hydrogens is 364 g/mol. The van der Waals surface area contributed by atoms with Crippen molar-refractivity contribution in [2.45, 2.75) is 24.8 Å². The molecule has 1 aliphatic heterocycles. The van der Waals surface area contributed by atoms with Gasteiger partial charge in [0.2, 0.25) is 15.9 Å². The summed E-state index contributed by atoms with van der Waals surface area (Å²) in [6, 6.07) is 15.9. The quantitative estimate of drug-likeness (QED) is 0.854. The Morgan fingerprint density at radius 1 is 1.11 bits per heavy atom. The lowest BCUT2D eigenvalue weighted by atomic mass is 10.1. The molecule has 2 aromatic rings. The summed E-state index contributed by atoms with van der Waals surface area (Å²) in [4.78, 5) is 12.0. The predicted octanol–water partition coefficient (Wildman–Crippen LogP) is 3.04. The van der Waals surface area contributed by atoms with E-state index in [9.17, 15) is 13.2 Å². The lowest BCUT2D eigenvalue weighted by Gasteiger charge is -2.32. The van der Waals surface area contributed by atoms with Crippen LogP contribution < -0.4 is 5.32 Å². The predicted molar refractivity (Wildman–Crippen MR) is 104 cm³/mol. The Kier molecular flexibility index (Phi) is 5.94. The number of carbonyl (C=O) groups excluding carboxylic acids is 1. The van der Waals surface area contributed by atoms with Crippen LogP contribution in [-0.4, -0.2) is 38.3 Å². The van der Waals surface area contributed by atoms with Gasteiger partial charge in [0.15, 0.2) is 0 Å². The van der Waals surface area contributed by atoms with Crippen LogP contribution in [0.4, 0.5) is 5.69 Å². The fraction of sp³-hybridized carbons (Fsp3) is 0.350. The summed E-state index contributed by atoms with van der Waals surface area (Å²) in [5.41, 5.74) is 1.54. The smallest absolute Gasteiger partial charge is 0.243 e. The van der Waals surface area contributed by atoms with E-state index >= 15 is 0 Å². The lowest BCUT2D eigenvalue weighted by molar-refractivity contribution is -0.118. The summed E-state index contributed by atoms with van der Waals surface area (Å²) in [5.74, 6) is -0.249. The van der Waals surface area contributed by atoms with E-state index < -0.39 is 10.0 Å². The van der Waals surface area contributed by atoms with Crippen LogP contribution in [0.15, 0.2) is 59.5 Å². The van der Waals surface area contributed by atoms with Crippen molar-refractivity contribution in [2.24, 2.45) is 5.92 Å². The van der Waals surface area contributed by atoms with Crippen molar-refractivity contribution in [3.8, 4) is 0 Å². The van der Waals surface area contributed by atoms with Gasteiger partial charge >= 0.3 is 0 Å². The van der Waals surface area contributed by atoms with Crippen molar-refractivity contribution in [2.75, 3.05) is 25.0 Å². The Bertz CT molecular complexity index is 880. The lowest BCUT2D eigenvalue weighted by Crippen LogP contribution is -2.42. The van der Waals surface area contributed by atoms with Crippen molar-refractivity contribution in [1.82, 2.24) is 4.31 Å². The molecule has 0 radical (unpaired) electrons. The maximum absolute atomic E-state index is 13.0. The summed E-state index contributed by atoms with van der Waals surface area (Å²) in [5, 5.41) is 2.76. The van der Waals surface area contributed by atoms with Gasteiger partial charge in [-0.1, -0.05) is 44.2 Å². The second kappa shape index (κ2) is 8.21. The van der Waals surface area contributed by atoms with Crippen molar-refractivity contribution in [3.05, 3.63) is 60.2 Å². The summed E-state index contributed by atoms with van der Waals surface area (Å²) in [6.07, 6.45) is -0.278. The zero-order valence-electron chi connectivity index (χ0n) is 15.5. The largest absolute Gasteiger partial charge is 0.371 e. The fourth-order valence-electron chi connectivity index (χ4n) is 2.86. The van der Waals surface area contributed by atoms with E-state index in [1.54, 1.807) is 26.0 Å². The second-order valence-corrected chi connectivity index (χ2v) is 8.74. The third kappa shape index (κ3) is 4.55. The van der Waals surface area contributed by atoms with Crippen LogP contribution in [0, 0.1) is 5.92 Å². The van der Waals surface area contributed by atoms with Gasteiger partial charge < -0.3 is 10.1 Å². The number of ether oxygens (including phenoxy) is 1. The number of carbonyl (C=O) groups is 1. The number of morpholine rings is 1. The number of nitrogens with one attached hydrogen (secondary N) is 1. The number of benzene rings is 2. The average molecular weight is 388 g/mol. The van der Waals surface area contributed by atoms with Gasteiger partial charge in [0.25, 0.3) is 0 Å².